The first-order valence-corrected chi connectivity index (χ1v) is 9.92. The number of hydrogen-bond donors (Lipinski definition) is 1. The Morgan fingerprint density at radius 3 is 2.96 bits per heavy atom. The van der Waals surface area contributed by atoms with E-state index in [0.29, 0.717) is 11.7 Å². The molecule has 0 bridgehead atoms. The standard InChI is InChI=1S/C17H22N4OS2/c1-12-5-3-4-6-15(12)21-8-7-14(10-21)9-18-16(22)11-23-17-20-19-13(2)24-17/h3-6,14H,7-11H2,1-2H3,(H,18,22)/t14-/m1/s1. The maximum atomic E-state index is 12.0. The number of para-hydroxylation sites is 1. The molecule has 1 N–H and O–H groups in total. The molecule has 1 amide bonds. The van der Waals surface area contributed by atoms with Gasteiger partial charge in [-0.1, -0.05) is 41.3 Å². The molecule has 1 fully saturated rings. The zero-order valence-electron chi connectivity index (χ0n) is 14.0. The Hall–Kier alpha value is -1.60. The molecule has 128 valence electrons. The lowest BCUT2D eigenvalue weighted by atomic mass is 10.1. The lowest BCUT2D eigenvalue weighted by Gasteiger charge is -2.21. The molecular formula is C17H22N4OS2. The van der Waals surface area contributed by atoms with Crippen LogP contribution in [0, 0.1) is 19.8 Å². The minimum atomic E-state index is 0.0715. The fraction of sp³-hybridized carbons (Fsp3) is 0.471. The molecule has 3 rings (SSSR count). The van der Waals surface area contributed by atoms with Gasteiger partial charge in [0.25, 0.3) is 0 Å². The van der Waals surface area contributed by atoms with Gasteiger partial charge < -0.3 is 10.2 Å². The normalized spacial score (nSPS) is 17.2. The second-order valence-corrected chi connectivity index (χ2v) is 8.47. The van der Waals surface area contributed by atoms with Gasteiger partial charge in [-0.15, -0.1) is 10.2 Å². The molecule has 24 heavy (non-hydrogen) atoms. The summed E-state index contributed by atoms with van der Waals surface area (Å²) in [6.45, 7) is 6.88. The summed E-state index contributed by atoms with van der Waals surface area (Å²) in [7, 11) is 0. The third-order valence-electron chi connectivity index (χ3n) is 4.16. The number of nitrogens with zero attached hydrogens (tertiary/aromatic N) is 3. The number of aryl methyl sites for hydroxylation is 2. The molecule has 1 saturated heterocycles. The van der Waals surface area contributed by atoms with Gasteiger partial charge in [-0.3, -0.25) is 4.79 Å². The molecule has 2 heterocycles. The van der Waals surface area contributed by atoms with Gasteiger partial charge in [0.1, 0.15) is 5.01 Å². The zero-order valence-corrected chi connectivity index (χ0v) is 15.6. The first kappa shape index (κ1) is 17.2. The molecule has 1 aromatic heterocycles. The van der Waals surface area contributed by atoms with Crippen molar-refractivity contribution in [2.24, 2.45) is 5.92 Å². The van der Waals surface area contributed by atoms with Gasteiger partial charge in [-0.25, -0.2) is 0 Å². The summed E-state index contributed by atoms with van der Waals surface area (Å²) in [6.07, 6.45) is 1.12. The molecule has 0 spiro atoms. The summed E-state index contributed by atoms with van der Waals surface area (Å²) in [4.78, 5) is 14.4. The van der Waals surface area contributed by atoms with Crippen molar-refractivity contribution in [2.75, 3.05) is 30.3 Å². The minimum Gasteiger partial charge on any atom is -0.371 e. The third kappa shape index (κ3) is 4.48. The Balaban J connectivity index is 1.41. The Morgan fingerprint density at radius 1 is 1.38 bits per heavy atom. The number of rotatable bonds is 6. The van der Waals surface area contributed by atoms with Crippen LogP contribution in [0.4, 0.5) is 5.69 Å². The van der Waals surface area contributed by atoms with Crippen LogP contribution in [0.25, 0.3) is 0 Å². The molecule has 1 aliphatic rings. The molecule has 0 saturated carbocycles. The molecule has 0 radical (unpaired) electrons. The van der Waals surface area contributed by atoms with E-state index in [1.807, 2.05) is 6.92 Å². The first-order chi connectivity index (χ1) is 11.6. The maximum Gasteiger partial charge on any atom is 0.230 e. The van der Waals surface area contributed by atoms with Gasteiger partial charge >= 0.3 is 0 Å². The summed E-state index contributed by atoms with van der Waals surface area (Å²) in [5, 5.41) is 12.0. The van der Waals surface area contributed by atoms with E-state index in [2.05, 4.69) is 51.6 Å². The van der Waals surface area contributed by atoms with E-state index in [9.17, 15) is 4.79 Å². The SMILES string of the molecule is Cc1nnc(SCC(=O)NC[C@H]2CCN(c3ccccc3C)C2)s1. The zero-order chi connectivity index (χ0) is 16.9. The number of nitrogens with one attached hydrogen (secondary N) is 1. The van der Waals surface area contributed by atoms with Crippen LogP contribution < -0.4 is 10.2 Å². The second-order valence-electron chi connectivity index (χ2n) is 6.07. The average molecular weight is 363 g/mol. The second kappa shape index (κ2) is 7.98. The van der Waals surface area contributed by atoms with E-state index in [-0.39, 0.29) is 5.91 Å². The largest absolute Gasteiger partial charge is 0.371 e. The molecule has 0 aliphatic carbocycles. The summed E-state index contributed by atoms with van der Waals surface area (Å²) >= 11 is 2.98. The number of carbonyl (C=O) groups excluding carboxylic acids is 1. The number of hydrogen-bond acceptors (Lipinski definition) is 6. The van der Waals surface area contributed by atoms with Gasteiger partial charge in [-0.05, 0) is 37.8 Å². The van der Waals surface area contributed by atoms with Crippen LogP contribution in [-0.2, 0) is 4.79 Å². The van der Waals surface area contributed by atoms with Crippen LogP contribution >= 0.6 is 23.1 Å². The number of anilines is 1. The summed E-state index contributed by atoms with van der Waals surface area (Å²) in [5.74, 6) is 0.993. The highest BCUT2D eigenvalue weighted by molar-refractivity contribution is 8.01. The molecule has 1 aromatic carbocycles. The highest BCUT2D eigenvalue weighted by Gasteiger charge is 2.23. The lowest BCUT2D eigenvalue weighted by molar-refractivity contribution is -0.118. The smallest absolute Gasteiger partial charge is 0.230 e. The van der Waals surface area contributed by atoms with Gasteiger partial charge in [0, 0.05) is 25.3 Å². The molecule has 1 atom stereocenters. The van der Waals surface area contributed by atoms with Crippen LogP contribution in [0.5, 0.6) is 0 Å². The summed E-state index contributed by atoms with van der Waals surface area (Å²) in [5.41, 5.74) is 2.62. The lowest BCUT2D eigenvalue weighted by Crippen LogP contribution is -2.32. The van der Waals surface area contributed by atoms with Crippen molar-refractivity contribution < 1.29 is 4.79 Å². The highest BCUT2D eigenvalue weighted by atomic mass is 32.2. The molecule has 2 aromatic rings. The van der Waals surface area contributed by atoms with Gasteiger partial charge in [0.15, 0.2) is 4.34 Å². The highest BCUT2D eigenvalue weighted by Crippen LogP contribution is 2.26. The fourth-order valence-corrected chi connectivity index (χ4v) is 4.56. The van der Waals surface area contributed by atoms with E-state index >= 15 is 0 Å². The van der Waals surface area contributed by atoms with Crippen molar-refractivity contribution in [1.82, 2.24) is 15.5 Å². The average Bonchev–Trinajstić information content (AvgIpc) is 3.20. The van der Waals surface area contributed by atoms with Crippen LogP contribution in [0.2, 0.25) is 0 Å². The Morgan fingerprint density at radius 2 is 2.21 bits per heavy atom. The number of benzene rings is 1. The third-order valence-corrected chi connectivity index (χ3v) is 6.14. The van der Waals surface area contributed by atoms with Gasteiger partial charge in [0.05, 0.1) is 5.75 Å². The van der Waals surface area contributed by atoms with Crippen molar-refractivity contribution in [1.29, 1.82) is 0 Å². The first-order valence-electron chi connectivity index (χ1n) is 8.12. The summed E-state index contributed by atoms with van der Waals surface area (Å²) < 4.78 is 0.856. The molecule has 1 aliphatic heterocycles. The Labute approximate surface area is 150 Å². The van der Waals surface area contributed by atoms with E-state index in [0.717, 1.165) is 35.4 Å². The van der Waals surface area contributed by atoms with Crippen LogP contribution in [-0.4, -0.2) is 41.5 Å². The minimum absolute atomic E-state index is 0.0715. The van der Waals surface area contributed by atoms with Crippen molar-refractivity contribution in [2.45, 2.75) is 24.6 Å². The number of thioether (sulfide) groups is 1. The van der Waals surface area contributed by atoms with Crippen molar-refractivity contribution >= 4 is 34.7 Å². The van der Waals surface area contributed by atoms with Crippen molar-refractivity contribution in [3.8, 4) is 0 Å². The van der Waals surface area contributed by atoms with E-state index in [1.165, 1.54) is 34.3 Å². The molecular weight excluding hydrogens is 340 g/mol. The van der Waals surface area contributed by atoms with E-state index in [1.54, 1.807) is 0 Å². The van der Waals surface area contributed by atoms with Gasteiger partial charge in [0.2, 0.25) is 5.91 Å². The van der Waals surface area contributed by atoms with Crippen molar-refractivity contribution in [3.05, 3.63) is 34.8 Å². The number of aromatic nitrogens is 2. The maximum absolute atomic E-state index is 12.0. The monoisotopic (exact) mass is 362 g/mol. The van der Waals surface area contributed by atoms with Crippen LogP contribution in [0.1, 0.15) is 17.0 Å². The van der Waals surface area contributed by atoms with Crippen LogP contribution in [0.15, 0.2) is 28.6 Å². The quantitative estimate of drug-likeness (QED) is 0.801. The Kier molecular flexibility index (Phi) is 5.73. The topological polar surface area (TPSA) is 58.1 Å². The van der Waals surface area contributed by atoms with E-state index < -0.39 is 0 Å². The van der Waals surface area contributed by atoms with Crippen LogP contribution in [0.3, 0.4) is 0 Å². The Bertz CT molecular complexity index is 703. The molecule has 5 nitrogen and oxygen atoms in total. The summed E-state index contributed by atoms with van der Waals surface area (Å²) in [6, 6.07) is 8.49. The number of amides is 1. The van der Waals surface area contributed by atoms with Gasteiger partial charge in [-0.2, -0.15) is 0 Å². The molecule has 7 heteroatoms. The van der Waals surface area contributed by atoms with Crippen molar-refractivity contribution in [3.63, 3.8) is 0 Å². The number of carbonyl (C=O) groups is 1. The predicted octanol–water partition coefficient (Wildman–Crippen LogP) is 2.89. The van der Waals surface area contributed by atoms with E-state index in [4.69, 9.17) is 0 Å². The predicted molar refractivity (Wildman–Crippen MR) is 99.9 cm³/mol. The fourth-order valence-electron chi connectivity index (χ4n) is 2.91. The molecule has 0 unspecified atom stereocenters.